The fourth-order valence-electron chi connectivity index (χ4n) is 3.67. The van der Waals surface area contributed by atoms with Gasteiger partial charge in [-0.25, -0.2) is 9.18 Å². The molecule has 156 valence electrons. The summed E-state index contributed by atoms with van der Waals surface area (Å²) in [6, 6.07) is 14.4. The summed E-state index contributed by atoms with van der Waals surface area (Å²) >= 11 is 0. The lowest BCUT2D eigenvalue weighted by molar-refractivity contribution is 0.103. The van der Waals surface area contributed by atoms with Crippen LogP contribution >= 0.6 is 0 Å². The summed E-state index contributed by atoms with van der Waals surface area (Å²) in [5.74, 6) is -0.334. The first-order valence-electron chi connectivity index (χ1n) is 9.98. The minimum Gasteiger partial charge on any atom is -0.370 e. The van der Waals surface area contributed by atoms with Crippen molar-refractivity contribution >= 4 is 11.7 Å². The zero-order valence-electron chi connectivity index (χ0n) is 17.2. The second kappa shape index (κ2) is 8.67. The smallest absolute Gasteiger partial charge is 0.322 e. The maximum absolute atomic E-state index is 13.8. The summed E-state index contributed by atoms with van der Waals surface area (Å²) < 4.78 is 21.5. The maximum Gasteiger partial charge on any atom is 0.322 e. The first-order chi connectivity index (χ1) is 14.5. The van der Waals surface area contributed by atoms with Gasteiger partial charge in [-0.15, -0.1) is 0 Å². The second-order valence-electron chi connectivity index (χ2n) is 7.54. The van der Waals surface area contributed by atoms with Gasteiger partial charge in [-0.3, -0.25) is 4.68 Å². The molecular formula is C23H25FN4O2. The number of nitrogens with zero attached hydrogens (tertiary/aromatic N) is 3. The van der Waals surface area contributed by atoms with E-state index in [0.717, 1.165) is 22.5 Å². The van der Waals surface area contributed by atoms with Crippen LogP contribution in [0.15, 0.2) is 48.5 Å². The fraction of sp³-hybridized carbons (Fsp3) is 0.304. The molecule has 2 heterocycles. The molecule has 1 aliphatic rings. The van der Waals surface area contributed by atoms with Crippen LogP contribution in [0.4, 0.5) is 14.9 Å². The molecule has 0 unspecified atom stereocenters. The van der Waals surface area contributed by atoms with Crippen molar-refractivity contribution in [2.75, 3.05) is 11.9 Å². The fourth-order valence-corrected chi connectivity index (χ4v) is 3.67. The molecule has 0 radical (unpaired) electrons. The molecule has 1 aliphatic heterocycles. The van der Waals surface area contributed by atoms with Crippen LogP contribution in [0, 0.1) is 12.7 Å². The van der Waals surface area contributed by atoms with Gasteiger partial charge in [-0.2, -0.15) is 5.10 Å². The second-order valence-corrected chi connectivity index (χ2v) is 7.54. The van der Waals surface area contributed by atoms with E-state index in [-0.39, 0.29) is 11.8 Å². The number of carbonyl (C=O) groups excluding carboxylic acids is 1. The third-order valence-corrected chi connectivity index (χ3v) is 5.39. The Morgan fingerprint density at radius 2 is 2.00 bits per heavy atom. The van der Waals surface area contributed by atoms with Gasteiger partial charge >= 0.3 is 6.03 Å². The monoisotopic (exact) mass is 408 g/mol. The van der Waals surface area contributed by atoms with Gasteiger partial charge in [0, 0.05) is 37.0 Å². The molecule has 0 spiro atoms. The average molecular weight is 408 g/mol. The van der Waals surface area contributed by atoms with Crippen molar-refractivity contribution in [1.82, 2.24) is 14.7 Å². The lowest BCUT2D eigenvalue weighted by Crippen LogP contribution is -2.39. The highest BCUT2D eigenvalue weighted by molar-refractivity contribution is 5.89. The van der Waals surface area contributed by atoms with Crippen LogP contribution in [0.5, 0.6) is 0 Å². The number of benzene rings is 2. The zero-order valence-corrected chi connectivity index (χ0v) is 17.2. The normalized spacial score (nSPS) is 13.2. The molecule has 0 bridgehead atoms. The Kier molecular flexibility index (Phi) is 5.81. The Morgan fingerprint density at radius 1 is 1.20 bits per heavy atom. The van der Waals surface area contributed by atoms with Crippen LogP contribution in [0.2, 0.25) is 0 Å². The van der Waals surface area contributed by atoms with Crippen LogP contribution in [0.25, 0.3) is 0 Å². The lowest BCUT2D eigenvalue weighted by Gasteiger charge is -2.28. The van der Waals surface area contributed by atoms with Gasteiger partial charge in [0.1, 0.15) is 5.82 Å². The summed E-state index contributed by atoms with van der Waals surface area (Å²) in [5, 5.41) is 7.40. The summed E-state index contributed by atoms with van der Waals surface area (Å²) in [7, 11) is 1.92. The predicted octanol–water partition coefficient (Wildman–Crippen LogP) is 4.17. The van der Waals surface area contributed by atoms with E-state index < -0.39 is 0 Å². The van der Waals surface area contributed by atoms with E-state index in [9.17, 15) is 9.18 Å². The molecule has 7 heteroatoms. The SMILES string of the molecule is Cc1ccc(NC(=O)N2CCc3c(c(COCc4ccccc4)nn3C)C2)cc1F. The average Bonchev–Trinajstić information content (AvgIpc) is 3.06. The molecule has 0 atom stereocenters. The number of carbonyl (C=O) groups is 1. The highest BCUT2D eigenvalue weighted by Crippen LogP contribution is 2.24. The molecule has 1 aromatic heterocycles. The van der Waals surface area contributed by atoms with Crippen LogP contribution in [-0.2, 0) is 38.0 Å². The van der Waals surface area contributed by atoms with E-state index in [0.29, 0.717) is 44.0 Å². The highest BCUT2D eigenvalue weighted by atomic mass is 19.1. The Balaban J connectivity index is 1.42. The molecule has 2 amide bonds. The van der Waals surface area contributed by atoms with Crippen LogP contribution in [-0.4, -0.2) is 27.3 Å². The number of hydrogen-bond donors (Lipinski definition) is 1. The number of urea groups is 1. The summed E-state index contributed by atoms with van der Waals surface area (Å²) in [6.45, 7) is 3.62. The third-order valence-electron chi connectivity index (χ3n) is 5.39. The van der Waals surface area contributed by atoms with Gasteiger partial charge < -0.3 is 15.0 Å². The van der Waals surface area contributed by atoms with Crippen molar-refractivity contribution in [2.24, 2.45) is 7.05 Å². The van der Waals surface area contributed by atoms with Gasteiger partial charge in [0.05, 0.1) is 25.5 Å². The van der Waals surface area contributed by atoms with E-state index in [2.05, 4.69) is 10.4 Å². The summed E-state index contributed by atoms with van der Waals surface area (Å²) in [6.07, 6.45) is 0.715. The number of fused-ring (bicyclic) bond motifs is 1. The number of halogens is 1. The van der Waals surface area contributed by atoms with E-state index in [1.165, 1.54) is 6.07 Å². The molecule has 1 N–H and O–H groups in total. The van der Waals surface area contributed by atoms with E-state index in [1.54, 1.807) is 24.0 Å². The molecule has 3 aromatic rings. The third kappa shape index (κ3) is 4.36. The first-order valence-corrected chi connectivity index (χ1v) is 9.98. The van der Waals surface area contributed by atoms with Crippen LogP contribution in [0.1, 0.15) is 28.1 Å². The number of hydrogen-bond acceptors (Lipinski definition) is 3. The number of ether oxygens (including phenoxy) is 1. The van der Waals surface area contributed by atoms with Crippen molar-refractivity contribution < 1.29 is 13.9 Å². The van der Waals surface area contributed by atoms with E-state index in [1.807, 2.05) is 42.1 Å². The summed E-state index contributed by atoms with van der Waals surface area (Å²) in [5.41, 5.74) is 5.11. The van der Waals surface area contributed by atoms with Crippen LogP contribution < -0.4 is 5.32 Å². The molecule has 0 saturated heterocycles. The molecule has 2 aromatic carbocycles. The van der Waals surface area contributed by atoms with Gasteiger partial charge in [-0.1, -0.05) is 36.4 Å². The van der Waals surface area contributed by atoms with Crippen molar-refractivity contribution in [1.29, 1.82) is 0 Å². The zero-order chi connectivity index (χ0) is 21.1. The molecule has 4 rings (SSSR count). The number of rotatable bonds is 5. The number of amides is 2. The molecule has 0 aliphatic carbocycles. The Bertz CT molecular complexity index is 1050. The van der Waals surface area contributed by atoms with Crippen molar-refractivity contribution in [3.63, 3.8) is 0 Å². The minimum atomic E-state index is -0.334. The van der Waals surface area contributed by atoms with Crippen molar-refractivity contribution in [3.05, 3.63) is 82.4 Å². The number of anilines is 1. The highest BCUT2D eigenvalue weighted by Gasteiger charge is 2.26. The number of aryl methyl sites for hydroxylation is 2. The van der Waals surface area contributed by atoms with Gasteiger partial charge in [0.2, 0.25) is 0 Å². The standard InChI is InChI=1S/C23H25FN4O2/c1-16-8-9-18(12-20(16)24)25-23(29)28-11-10-22-19(13-28)21(26-27(22)2)15-30-14-17-6-4-3-5-7-17/h3-9,12H,10-11,13-15H2,1-2H3,(H,25,29). The molecular weight excluding hydrogens is 383 g/mol. The Morgan fingerprint density at radius 3 is 2.77 bits per heavy atom. The van der Waals surface area contributed by atoms with Crippen LogP contribution in [0.3, 0.4) is 0 Å². The van der Waals surface area contributed by atoms with E-state index in [4.69, 9.17) is 4.74 Å². The predicted molar refractivity (Wildman–Crippen MR) is 112 cm³/mol. The quantitative estimate of drug-likeness (QED) is 0.689. The summed E-state index contributed by atoms with van der Waals surface area (Å²) in [4.78, 5) is 14.4. The van der Waals surface area contributed by atoms with E-state index >= 15 is 0 Å². The van der Waals surface area contributed by atoms with Gasteiger partial charge in [0.25, 0.3) is 0 Å². The van der Waals surface area contributed by atoms with Gasteiger partial charge in [-0.05, 0) is 30.2 Å². The minimum absolute atomic E-state index is 0.246. The first kappa shape index (κ1) is 20.1. The van der Waals surface area contributed by atoms with Crippen molar-refractivity contribution in [2.45, 2.75) is 33.1 Å². The largest absolute Gasteiger partial charge is 0.370 e. The number of aromatic nitrogens is 2. The van der Waals surface area contributed by atoms with Crippen molar-refractivity contribution in [3.8, 4) is 0 Å². The molecule has 0 fully saturated rings. The maximum atomic E-state index is 13.8. The molecule has 6 nitrogen and oxygen atoms in total. The number of nitrogens with one attached hydrogen (secondary N) is 1. The molecule has 0 saturated carbocycles. The van der Waals surface area contributed by atoms with Gasteiger partial charge in [0.15, 0.2) is 0 Å². The lowest BCUT2D eigenvalue weighted by atomic mass is 10.1. The Hall–Kier alpha value is -3.19. The Labute approximate surface area is 175 Å². The molecule has 30 heavy (non-hydrogen) atoms. The topological polar surface area (TPSA) is 59.4 Å².